The number of anilines is 1. The molecule has 1 aliphatic rings. The molecule has 1 amide bonds. The number of fused-ring (bicyclic) bond motifs is 3. The van der Waals surface area contributed by atoms with Gasteiger partial charge >= 0.3 is 12.4 Å². The average molecular weight is 818 g/mol. The van der Waals surface area contributed by atoms with Crippen molar-refractivity contribution in [2.45, 2.75) is 64.2 Å². The number of nitrogens with zero attached hydrogens (tertiary/aromatic N) is 1. The zero-order chi connectivity index (χ0) is 42.5. The summed E-state index contributed by atoms with van der Waals surface area (Å²) in [4.78, 5) is 17.7. The Morgan fingerprint density at radius 3 is 1.88 bits per heavy atom. The Morgan fingerprint density at radius 2 is 1.36 bits per heavy atom. The van der Waals surface area contributed by atoms with Crippen molar-refractivity contribution in [2.24, 2.45) is 4.99 Å². The molecule has 11 heteroatoms. The third-order valence-electron chi connectivity index (χ3n) is 9.83. The molecular formula is C47H49F6N3OS. The number of aryl methyl sites for hydroxylation is 1. The van der Waals surface area contributed by atoms with E-state index >= 15 is 0 Å². The summed E-state index contributed by atoms with van der Waals surface area (Å²) in [5.74, 6) is -0.566. The van der Waals surface area contributed by atoms with Crippen LogP contribution in [0.1, 0.15) is 67.3 Å². The lowest BCUT2D eigenvalue weighted by molar-refractivity contribution is -0.141. The summed E-state index contributed by atoms with van der Waals surface area (Å²) < 4.78 is 75.5. The van der Waals surface area contributed by atoms with Crippen LogP contribution in [0.15, 0.2) is 127 Å². The van der Waals surface area contributed by atoms with Crippen LogP contribution in [0.3, 0.4) is 0 Å². The molecule has 0 spiro atoms. The second-order valence-corrected chi connectivity index (χ2v) is 14.7. The Labute approximate surface area is 341 Å². The Hall–Kier alpha value is -5.29. The van der Waals surface area contributed by atoms with E-state index in [-0.39, 0.29) is 0 Å². The van der Waals surface area contributed by atoms with E-state index in [2.05, 4.69) is 42.1 Å². The van der Waals surface area contributed by atoms with Crippen LogP contribution in [0, 0.1) is 6.92 Å². The molecule has 6 rings (SSSR count). The summed E-state index contributed by atoms with van der Waals surface area (Å²) in [6.07, 6.45) is -1.82. The zero-order valence-corrected chi connectivity index (χ0v) is 34.1. The first kappa shape index (κ1) is 45.4. The fourth-order valence-electron chi connectivity index (χ4n) is 6.91. The molecular weight excluding hydrogens is 769 g/mol. The van der Waals surface area contributed by atoms with Gasteiger partial charge in [0, 0.05) is 7.05 Å². The van der Waals surface area contributed by atoms with Crippen molar-refractivity contribution in [2.75, 3.05) is 25.2 Å². The first-order chi connectivity index (χ1) is 27.6. The van der Waals surface area contributed by atoms with Gasteiger partial charge in [0.05, 0.1) is 22.0 Å². The highest BCUT2D eigenvalue weighted by atomic mass is 32.2. The summed E-state index contributed by atoms with van der Waals surface area (Å²) in [5, 5.41) is 6.38. The average Bonchev–Trinajstić information content (AvgIpc) is 3.51. The van der Waals surface area contributed by atoms with E-state index in [0.717, 1.165) is 86.8 Å². The minimum absolute atomic E-state index is 0.499. The van der Waals surface area contributed by atoms with Gasteiger partial charge in [0.2, 0.25) is 5.91 Å². The van der Waals surface area contributed by atoms with Crippen molar-refractivity contribution in [3.05, 3.63) is 150 Å². The van der Waals surface area contributed by atoms with E-state index in [1.165, 1.54) is 17.7 Å². The number of halogens is 6. The van der Waals surface area contributed by atoms with Crippen LogP contribution in [-0.2, 0) is 16.4 Å². The molecule has 0 bridgehead atoms. The molecule has 0 aliphatic heterocycles. The molecule has 2 N–H and O–H groups in total. The quantitative estimate of drug-likeness (QED) is 0.0639. The number of benzene rings is 5. The molecule has 0 fully saturated rings. The topological polar surface area (TPSA) is 53.5 Å². The van der Waals surface area contributed by atoms with Gasteiger partial charge in [-0.1, -0.05) is 136 Å². The lowest BCUT2D eigenvalue weighted by atomic mass is 9.73. The lowest BCUT2D eigenvalue weighted by Gasteiger charge is -2.31. The van der Waals surface area contributed by atoms with Crippen LogP contribution < -0.4 is 10.6 Å². The standard InChI is InChI=1S/C21H22F3NO.C15H11F3.C11H16N2S/c1-2-3-8-13-20(19(26)25-14-21(22,23)24)17-11-6-4-9-15(17)16-10-5-7-12-18(16)20;1-2-11-5-3-4-6-14(11)12-7-9-13(10-8-12)15(16,17)18;1-8-6-5-7-10(12-3)11(8)13-9(2)14-4/h4-7,9-12H,2-3,8,13-14H2,1H3,(H,25,26);2-10H,1H2;5-7,12H,1-4H3. The predicted octanol–water partition coefficient (Wildman–Crippen LogP) is 13.7. The van der Waals surface area contributed by atoms with Gasteiger partial charge in [-0.3, -0.25) is 4.79 Å². The van der Waals surface area contributed by atoms with E-state index in [1.54, 1.807) is 17.8 Å². The van der Waals surface area contributed by atoms with Crippen molar-refractivity contribution in [3.8, 4) is 22.3 Å². The van der Waals surface area contributed by atoms with Crippen molar-refractivity contribution < 1.29 is 31.1 Å². The summed E-state index contributed by atoms with van der Waals surface area (Å²) in [6, 6.07) is 33.8. The van der Waals surface area contributed by atoms with Crippen LogP contribution in [0.5, 0.6) is 0 Å². The van der Waals surface area contributed by atoms with Gasteiger partial charge in [-0.15, -0.1) is 11.8 Å². The van der Waals surface area contributed by atoms with Crippen LogP contribution in [0.4, 0.5) is 37.7 Å². The zero-order valence-electron chi connectivity index (χ0n) is 33.3. The van der Waals surface area contributed by atoms with Gasteiger partial charge in [0.1, 0.15) is 12.0 Å². The minimum atomic E-state index is -4.43. The Kier molecular flexibility index (Phi) is 16.0. The summed E-state index contributed by atoms with van der Waals surface area (Å²) in [6.45, 7) is 8.54. The third kappa shape index (κ3) is 11.2. The highest BCUT2D eigenvalue weighted by Crippen LogP contribution is 2.51. The smallest absolute Gasteiger partial charge is 0.386 e. The first-order valence-electron chi connectivity index (χ1n) is 18.9. The number of amides is 1. The maximum absolute atomic E-state index is 13.1. The van der Waals surface area contributed by atoms with Crippen molar-refractivity contribution in [1.82, 2.24) is 5.32 Å². The molecule has 5 aromatic rings. The Bertz CT molecular complexity index is 2130. The number of hydrogen-bond acceptors (Lipinski definition) is 4. The number of thioether (sulfide) groups is 1. The molecule has 58 heavy (non-hydrogen) atoms. The summed E-state index contributed by atoms with van der Waals surface area (Å²) >= 11 is 1.67. The summed E-state index contributed by atoms with van der Waals surface area (Å²) in [7, 11) is 1.92. The van der Waals surface area contributed by atoms with E-state index in [0.29, 0.717) is 6.42 Å². The molecule has 0 unspecified atom stereocenters. The number of unbranched alkanes of at least 4 members (excludes halogenated alkanes) is 2. The highest BCUT2D eigenvalue weighted by molar-refractivity contribution is 8.13. The second kappa shape index (κ2) is 20.4. The molecule has 0 atom stereocenters. The Morgan fingerprint density at radius 1 is 0.793 bits per heavy atom. The van der Waals surface area contributed by atoms with Crippen molar-refractivity contribution in [3.63, 3.8) is 0 Å². The molecule has 5 aromatic carbocycles. The van der Waals surface area contributed by atoms with Gasteiger partial charge in [-0.05, 0) is 89.2 Å². The van der Waals surface area contributed by atoms with E-state index < -0.39 is 35.8 Å². The fraction of sp³-hybridized carbons (Fsp3) is 0.277. The first-order valence-corrected chi connectivity index (χ1v) is 20.1. The predicted molar refractivity (Wildman–Crippen MR) is 230 cm³/mol. The van der Waals surface area contributed by atoms with Crippen LogP contribution >= 0.6 is 11.8 Å². The third-order valence-corrected chi connectivity index (χ3v) is 10.5. The number of carbonyl (C=O) groups excluding carboxylic acids is 1. The van der Waals surface area contributed by atoms with Gasteiger partial charge in [0.25, 0.3) is 0 Å². The molecule has 306 valence electrons. The monoisotopic (exact) mass is 817 g/mol. The molecule has 0 aromatic heterocycles. The van der Waals surface area contributed by atoms with Gasteiger partial charge in [0.15, 0.2) is 0 Å². The molecule has 0 saturated carbocycles. The molecule has 0 radical (unpaired) electrons. The molecule has 0 saturated heterocycles. The SMILES string of the molecule is C=Cc1ccccc1-c1ccc(C(F)(F)F)cc1.CCCCCC1(C(=O)NCC(F)(F)F)c2ccccc2-c2ccccc21.CNc1cccc(C)c1N=C(C)SC. The van der Waals surface area contributed by atoms with Gasteiger partial charge in [-0.2, -0.15) is 26.3 Å². The number of aliphatic imine (C=N–C) groups is 1. The number of hydrogen-bond donors (Lipinski definition) is 2. The number of para-hydroxylation sites is 1. The van der Waals surface area contributed by atoms with Gasteiger partial charge in [-0.25, -0.2) is 4.99 Å². The largest absolute Gasteiger partial charge is 0.416 e. The highest BCUT2D eigenvalue weighted by Gasteiger charge is 2.49. The maximum atomic E-state index is 13.1. The Balaban J connectivity index is 0.000000204. The minimum Gasteiger partial charge on any atom is -0.386 e. The number of nitrogens with one attached hydrogen (secondary N) is 2. The molecule has 0 heterocycles. The lowest BCUT2D eigenvalue weighted by Crippen LogP contribution is -2.47. The van der Waals surface area contributed by atoms with E-state index in [1.807, 2.05) is 105 Å². The van der Waals surface area contributed by atoms with Gasteiger partial charge < -0.3 is 10.6 Å². The van der Waals surface area contributed by atoms with E-state index in [4.69, 9.17) is 0 Å². The summed E-state index contributed by atoms with van der Waals surface area (Å²) in [5.41, 5.74) is 7.62. The fourth-order valence-corrected chi connectivity index (χ4v) is 7.10. The molecule has 4 nitrogen and oxygen atoms in total. The number of rotatable bonds is 10. The number of carbonyl (C=O) groups is 1. The second-order valence-electron chi connectivity index (χ2n) is 13.7. The van der Waals surface area contributed by atoms with Crippen molar-refractivity contribution in [1.29, 1.82) is 0 Å². The normalized spacial score (nSPS) is 12.8. The maximum Gasteiger partial charge on any atom is 0.416 e. The van der Waals surface area contributed by atoms with Crippen molar-refractivity contribution >= 4 is 40.2 Å². The van der Waals surface area contributed by atoms with Crippen LogP contribution in [0.2, 0.25) is 0 Å². The number of alkyl halides is 6. The molecule has 1 aliphatic carbocycles. The van der Waals surface area contributed by atoms with Crippen LogP contribution in [0.25, 0.3) is 28.3 Å². The van der Waals surface area contributed by atoms with Crippen LogP contribution in [-0.4, -0.2) is 37.0 Å². The van der Waals surface area contributed by atoms with E-state index in [9.17, 15) is 31.1 Å².